The zero-order chi connectivity index (χ0) is 24.1. The number of ketones is 1. The molecule has 2 nitrogen and oxygen atoms in total. The monoisotopic (exact) mass is 489 g/mol. The number of Topliss-reactive ketones (excluding diaryl/α,β-unsaturated/α-hetero) is 1. The van der Waals surface area contributed by atoms with Crippen LogP contribution in [0.15, 0.2) is 0 Å². The normalized spacial score (nSPS) is 10.3. The van der Waals surface area contributed by atoms with E-state index in [2.05, 4.69) is 27.7 Å². The van der Waals surface area contributed by atoms with E-state index < -0.39 is 0 Å². The second-order valence-electron chi connectivity index (χ2n) is 9.93. The molecule has 0 aromatic rings. The van der Waals surface area contributed by atoms with Crippen molar-refractivity contribution in [3.63, 3.8) is 0 Å². The van der Waals surface area contributed by atoms with E-state index >= 15 is 0 Å². The molecule has 0 fully saturated rings. The first-order valence-electron chi connectivity index (χ1n) is 14.8. The molecule has 0 spiro atoms. The van der Waals surface area contributed by atoms with Crippen molar-refractivity contribution in [3.8, 4) is 0 Å². The maximum absolute atomic E-state index is 11.5. The summed E-state index contributed by atoms with van der Waals surface area (Å²) in [5, 5.41) is 9.76. The molecular weight excluding hydrogens is 426 g/mol. The third-order valence-electron chi connectivity index (χ3n) is 6.40. The van der Waals surface area contributed by atoms with Gasteiger partial charge in [0.25, 0.3) is 0 Å². The summed E-state index contributed by atoms with van der Waals surface area (Å²) in [5.74, 6) is 0.494. The molecule has 0 aliphatic carbocycles. The minimum Gasteiger partial charge on any atom is -1.00 e. The molecule has 0 heterocycles. The van der Waals surface area contributed by atoms with Gasteiger partial charge >= 0.3 is 29.6 Å². The van der Waals surface area contributed by atoms with Crippen molar-refractivity contribution in [1.29, 1.82) is 0 Å². The molecule has 0 atom stereocenters. The van der Waals surface area contributed by atoms with Gasteiger partial charge in [-0.1, -0.05) is 143 Å². The molecule has 0 saturated carbocycles. The van der Waals surface area contributed by atoms with Crippen LogP contribution in [0, 0.1) is 0 Å². The van der Waals surface area contributed by atoms with E-state index in [9.17, 15) is 9.90 Å². The van der Waals surface area contributed by atoms with Crippen molar-refractivity contribution in [3.05, 3.63) is 0 Å². The Labute approximate surface area is 242 Å². The van der Waals surface area contributed by atoms with Crippen LogP contribution in [0.3, 0.4) is 0 Å². The third kappa shape index (κ3) is 39.9. The second kappa shape index (κ2) is 38.2. The van der Waals surface area contributed by atoms with Crippen LogP contribution < -0.4 is 29.6 Å². The minimum atomic E-state index is -0.0248. The van der Waals surface area contributed by atoms with Gasteiger partial charge in [-0.15, -0.1) is 0 Å². The number of unbranched alkanes of at least 4 members (excludes halogenated alkanes) is 16. The first-order valence-corrected chi connectivity index (χ1v) is 14.8. The Kier molecular flexibility index (Phi) is 47.0. The van der Waals surface area contributed by atoms with Gasteiger partial charge < -0.3 is 6.53 Å². The topological polar surface area (TPSA) is 37.3 Å². The molecule has 0 amide bonds. The van der Waals surface area contributed by atoms with Gasteiger partial charge in [0.15, 0.2) is 0 Å². The first kappa shape index (κ1) is 41.8. The van der Waals surface area contributed by atoms with Gasteiger partial charge in [-0.25, -0.2) is 0 Å². The summed E-state index contributed by atoms with van der Waals surface area (Å²) >= 11 is 0. The fraction of sp³-hybridized carbons (Fsp3) is 0.967. The van der Waals surface area contributed by atoms with Crippen molar-refractivity contribution in [2.24, 2.45) is 0 Å². The van der Waals surface area contributed by atoms with Crippen molar-refractivity contribution in [1.82, 2.24) is 0 Å². The van der Waals surface area contributed by atoms with Crippen molar-refractivity contribution >= 4 is 14.2 Å². The molecule has 0 aliphatic rings. The predicted molar refractivity (Wildman–Crippen MR) is 151 cm³/mol. The first-order chi connectivity index (χ1) is 15.6. The largest absolute Gasteiger partial charge is 1.00 e. The van der Waals surface area contributed by atoms with Crippen LogP contribution in [0.25, 0.3) is 0 Å². The van der Waals surface area contributed by atoms with Crippen LogP contribution in [0.5, 0.6) is 0 Å². The molecule has 0 aromatic carbocycles. The summed E-state index contributed by atoms with van der Waals surface area (Å²) in [6, 6.07) is 0. The average molecular weight is 490 g/mol. The Morgan fingerprint density at radius 2 is 0.794 bits per heavy atom. The fourth-order valence-electron chi connectivity index (χ4n) is 4.09. The van der Waals surface area contributed by atoms with Gasteiger partial charge in [0.1, 0.15) is 5.78 Å². The quantitative estimate of drug-likeness (QED) is 0.116. The standard InChI is InChI=1S/C15H32O.C15H30O.B.Na.H/c2*1-3-5-7-9-11-13-15(16)14-12-10-8-6-4-2;;;/h15-16H,3-14H2,1-2H3;3-14H2,1-2H3;;;/q;;;+1;-1. The number of hydrogen-bond acceptors (Lipinski definition) is 2. The summed E-state index contributed by atoms with van der Waals surface area (Å²) in [4.78, 5) is 11.5. The number of aliphatic hydroxyl groups is 1. The summed E-state index contributed by atoms with van der Waals surface area (Å²) in [5.41, 5.74) is 0. The third-order valence-corrected chi connectivity index (χ3v) is 6.40. The van der Waals surface area contributed by atoms with E-state index in [1.807, 2.05) is 0 Å². The Morgan fingerprint density at radius 3 is 1.09 bits per heavy atom. The smallest absolute Gasteiger partial charge is 1.00 e. The van der Waals surface area contributed by atoms with E-state index in [-0.39, 0.29) is 45.5 Å². The Morgan fingerprint density at radius 1 is 0.529 bits per heavy atom. The predicted octanol–water partition coefficient (Wildman–Crippen LogP) is 7.08. The van der Waals surface area contributed by atoms with Gasteiger partial charge in [-0.05, 0) is 25.7 Å². The molecule has 0 rings (SSSR count). The molecule has 0 aromatic heterocycles. The molecule has 0 bridgehead atoms. The molecule has 0 unspecified atom stereocenters. The van der Waals surface area contributed by atoms with Gasteiger partial charge in [0, 0.05) is 21.3 Å². The molecule has 199 valence electrons. The van der Waals surface area contributed by atoms with Crippen LogP contribution in [-0.2, 0) is 4.79 Å². The van der Waals surface area contributed by atoms with Crippen LogP contribution in [-0.4, -0.2) is 25.4 Å². The van der Waals surface area contributed by atoms with Crippen LogP contribution >= 0.6 is 0 Å². The molecule has 4 heteroatoms. The van der Waals surface area contributed by atoms with E-state index in [0.717, 1.165) is 38.5 Å². The number of aliphatic hydroxyl groups excluding tert-OH is 1. The van der Waals surface area contributed by atoms with Gasteiger partial charge in [-0.3, -0.25) is 4.79 Å². The second-order valence-corrected chi connectivity index (χ2v) is 9.93. The van der Waals surface area contributed by atoms with Crippen LogP contribution in [0.2, 0.25) is 0 Å². The molecule has 34 heavy (non-hydrogen) atoms. The van der Waals surface area contributed by atoms with Crippen LogP contribution in [0.4, 0.5) is 0 Å². The Balaban J connectivity index is -0.000000158. The molecule has 0 saturated heterocycles. The minimum absolute atomic E-state index is 0. The van der Waals surface area contributed by atoms with E-state index in [0.29, 0.717) is 5.78 Å². The zero-order valence-corrected chi connectivity index (χ0v) is 26.5. The molecule has 1 N–H and O–H groups in total. The van der Waals surface area contributed by atoms with Crippen molar-refractivity contribution < 1.29 is 40.9 Å². The molecule has 3 radical (unpaired) electrons. The number of carbonyl (C=O) groups excluding carboxylic acids is 1. The van der Waals surface area contributed by atoms with E-state index in [1.165, 1.54) is 116 Å². The SMILES string of the molecule is CCCCCCCC(=O)CCCCCCC.CCCCCCCC(O)CCCCCCC.[B].[H-].[Na+]. The molecular formula is C30H63BNaO2. The maximum Gasteiger partial charge on any atom is 1.00 e. The fourth-order valence-corrected chi connectivity index (χ4v) is 4.09. The van der Waals surface area contributed by atoms with Gasteiger partial charge in [0.05, 0.1) is 6.10 Å². The molecule has 0 aliphatic heterocycles. The average Bonchev–Trinajstić information content (AvgIpc) is 2.79. The Bertz CT molecular complexity index is 329. The number of hydrogen-bond donors (Lipinski definition) is 1. The Hall–Kier alpha value is 0.695. The van der Waals surface area contributed by atoms with Gasteiger partial charge in [-0.2, -0.15) is 0 Å². The van der Waals surface area contributed by atoms with Crippen molar-refractivity contribution in [2.75, 3.05) is 0 Å². The van der Waals surface area contributed by atoms with E-state index in [4.69, 9.17) is 0 Å². The zero-order valence-electron chi connectivity index (χ0n) is 25.5. The summed E-state index contributed by atoms with van der Waals surface area (Å²) in [6.45, 7) is 8.93. The van der Waals surface area contributed by atoms with Gasteiger partial charge in [0.2, 0.25) is 0 Å². The summed E-state index contributed by atoms with van der Waals surface area (Å²) < 4.78 is 0. The number of carbonyl (C=O) groups is 1. The van der Waals surface area contributed by atoms with Crippen molar-refractivity contribution in [2.45, 2.75) is 188 Å². The maximum atomic E-state index is 11.5. The summed E-state index contributed by atoms with van der Waals surface area (Å²) in [7, 11) is 0. The van der Waals surface area contributed by atoms with E-state index in [1.54, 1.807) is 0 Å². The van der Waals surface area contributed by atoms with Crippen LogP contribution in [0.1, 0.15) is 183 Å². The number of rotatable bonds is 24. The summed E-state index contributed by atoms with van der Waals surface area (Å²) in [6.07, 6.45) is 29.3.